The van der Waals surface area contributed by atoms with Crippen molar-refractivity contribution in [1.29, 1.82) is 0 Å². The second kappa shape index (κ2) is 8.56. The Hall–Kier alpha value is -2.11. The molecular weight excluding hydrogens is 442 g/mol. The van der Waals surface area contributed by atoms with Crippen LogP contribution in [0.4, 0.5) is 5.69 Å². The van der Waals surface area contributed by atoms with Crippen LogP contribution < -0.4 is 4.72 Å². The monoisotopic (exact) mass is 463 g/mol. The molecule has 0 bridgehead atoms. The lowest BCUT2D eigenvalue weighted by molar-refractivity contribution is -0.384. The zero-order valence-corrected chi connectivity index (χ0v) is 18.7. The van der Waals surface area contributed by atoms with E-state index in [2.05, 4.69) is 39.4 Å². The van der Waals surface area contributed by atoms with E-state index in [-0.39, 0.29) is 29.2 Å². The summed E-state index contributed by atoms with van der Waals surface area (Å²) in [4.78, 5) is 15.2. The Morgan fingerprint density at radius 2 is 1.93 bits per heavy atom. The van der Waals surface area contributed by atoms with Gasteiger partial charge >= 0.3 is 0 Å². The van der Waals surface area contributed by atoms with Gasteiger partial charge in [0.15, 0.2) is 0 Å². The zero-order chi connectivity index (χ0) is 21.3. The third-order valence-electron chi connectivity index (χ3n) is 5.27. The molecule has 0 amide bonds. The number of non-ortho nitro benzene ring substituents is 1. The fraction of sp³-hybridized carbons (Fsp3) is 0.300. The summed E-state index contributed by atoms with van der Waals surface area (Å²) in [7, 11) is -3.74. The predicted octanol–water partition coefficient (Wildman–Crippen LogP) is 4.03. The highest BCUT2D eigenvalue weighted by atomic mass is 32.2. The molecule has 7 nitrogen and oxygen atoms in total. The smallest absolute Gasteiger partial charge is 0.269 e. The molecule has 1 N–H and O–H groups in total. The van der Waals surface area contributed by atoms with Crippen molar-refractivity contribution in [2.45, 2.75) is 30.3 Å². The summed E-state index contributed by atoms with van der Waals surface area (Å²) in [6, 6.07) is 11.7. The van der Waals surface area contributed by atoms with Crippen molar-refractivity contribution >= 4 is 38.4 Å². The van der Waals surface area contributed by atoms with E-state index in [0.29, 0.717) is 6.54 Å². The third-order valence-corrected chi connectivity index (χ3v) is 8.69. The Balaban J connectivity index is 1.49. The van der Waals surface area contributed by atoms with Gasteiger partial charge in [-0.1, -0.05) is 6.07 Å². The van der Waals surface area contributed by atoms with Crippen LogP contribution in [-0.2, 0) is 16.4 Å². The van der Waals surface area contributed by atoms with Crippen molar-refractivity contribution in [2.75, 3.05) is 13.1 Å². The van der Waals surface area contributed by atoms with Crippen LogP contribution in [-0.4, -0.2) is 37.4 Å². The van der Waals surface area contributed by atoms with Crippen LogP contribution in [0, 0.1) is 10.1 Å². The molecule has 1 aliphatic heterocycles. The molecule has 0 radical (unpaired) electrons. The highest BCUT2D eigenvalue weighted by Crippen LogP contribution is 2.42. The minimum Gasteiger partial charge on any atom is -0.287 e. The molecule has 2 unspecified atom stereocenters. The van der Waals surface area contributed by atoms with Gasteiger partial charge in [0.05, 0.1) is 15.9 Å². The average Bonchev–Trinajstić information content (AvgIpc) is 3.40. The molecule has 0 aliphatic carbocycles. The van der Waals surface area contributed by atoms with E-state index >= 15 is 0 Å². The number of benzene rings is 1. The number of thiophene rings is 2. The number of hydrogen-bond acceptors (Lipinski definition) is 7. The van der Waals surface area contributed by atoms with Crippen molar-refractivity contribution in [3.63, 3.8) is 0 Å². The van der Waals surface area contributed by atoms with Crippen LogP contribution >= 0.6 is 22.7 Å². The van der Waals surface area contributed by atoms with Gasteiger partial charge in [-0.05, 0) is 53.9 Å². The number of hydrogen-bond donors (Lipinski definition) is 1. The highest BCUT2D eigenvalue weighted by molar-refractivity contribution is 7.89. The van der Waals surface area contributed by atoms with E-state index < -0.39 is 14.9 Å². The fourth-order valence-electron chi connectivity index (χ4n) is 3.83. The van der Waals surface area contributed by atoms with Crippen LogP contribution in [0.3, 0.4) is 0 Å². The number of nitro benzene ring substituents is 1. The second-order valence-electron chi connectivity index (χ2n) is 7.17. The Morgan fingerprint density at radius 3 is 2.60 bits per heavy atom. The minimum atomic E-state index is -3.74. The standard InChI is InChI=1S/C20H21N3O4S3/c1-14-13-15-8-12-29-20(15)19(18-3-2-11-28-18)22(14)10-9-21-30(26,27)17-6-4-16(5-7-17)23(24)25/h2-8,11-12,14,19,21H,9-10,13H2,1H3. The van der Waals surface area contributed by atoms with Gasteiger partial charge in [0.2, 0.25) is 10.0 Å². The first-order valence-corrected chi connectivity index (χ1v) is 12.7. The molecule has 3 aromatic rings. The molecule has 1 aliphatic rings. The molecule has 2 aromatic heterocycles. The van der Waals surface area contributed by atoms with Crippen LogP contribution in [0.5, 0.6) is 0 Å². The second-order valence-corrected chi connectivity index (χ2v) is 10.9. The fourth-order valence-corrected chi connectivity index (χ4v) is 6.85. The molecule has 4 rings (SSSR count). The maximum Gasteiger partial charge on any atom is 0.269 e. The van der Waals surface area contributed by atoms with Gasteiger partial charge in [0.25, 0.3) is 5.69 Å². The zero-order valence-electron chi connectivity index (χ0n) is 16.2. The van der Waals surface area contributed by atoms with Crippen molar-refractivity contribution in [2.24, 2.45) is 0 Å². The van der Waals surface area contributed by atoms with Gasteiger partial charge in [-0.3, -0.25) is 15.0 Å². The number of nitrogens with zero attached hydrogens (tertiary/aromatic N) is 2. The van der Waals surface area contributed by atoms with Crippen molar-refractivity contribution in [3.8, 4) is 0 Å². The number of nitro groups is 1. The van der Waals surface area contributed by atoms with Crippen molar-refractivity contribution < 1.29 is 13.3 Å². The van der Waals surface area contributed by atoms with E-state index in [1.807, 2.05) is 6.07 Å². The highest BCUT2D eigenvalue weighted by Gasteiger charge is 2.34. The molecule has 3 heterocycles. The average molecular weight is 464 g/mol. The van der Waals surface area contributed by atoms with E-state index in [1.165, 1.54) is 39.6 Å². The molecule has 0 fully saturated rings. The Morgan fingerprint density at radius 1 is 1.17 bits per heavy atom. The van der Waals surface area contributed by atoms with E-state index in [0.717, 1.165) is 6.42 Å². The Labute approximate surface area is 183 Å². The molecule has 1 aromatic carbocycles. The SMILES string of the molecule is CC1Cc2ccsc2C(c2cccs2)N1CCNS(=O)(=O)c1ccc([N+](=O)[O-])cc1. The maximum absolute atomic E-state index is 12.6. The van der Waals surface area contributed by atoms with Crippen LogP contribution in [0.15, 0.2) is 58.1 Å². The van der Waals surface area contributed by atoms with Gasteiger partial charge in [-0.25, -0.2) is 13.1 Å². The summed E-state index contributed by atoms with van der Waals surface area (Å²) >= 11 is 3.46. The van der Waals surface area contributed by atoms with Gasteiger partial charge in [0.1, 0.15) is 0 Å². The molecule has 2 atom stereocenters. The number of fused-ring (bicyclic) bond motifs is 1. The first-order valence-electron chi connectivity index (χ1n) is 9.46. The normalized spacial score (nSPS) is 19.5. The Kier molecular flexibility index (Phi) is 6.03. The van der Waals surface area contributed by atoms with Crippen molar-refractivity contribution in [3.05, 3.63) is 78.7 Å². The third kappa shape index (κ3) is 4.19. The largest absolute Gasteiger partial charge is 0.287 e. The molecule has 158 valence electrons. The van der Waals surface area contributed by atoms with Crippen LogP contribution in [0.2, 0.25) is 0 Å². The Bertz CT molecular complexity index is 1120. The molecule has 0 spiro atoms. The molecule has 30 heavy (non-hydrogen) atoms. The quantitative estimate of drug-likeness (QED) is 0.422. The van der Waals surface area contributed by atoms with Gasteiger partial charge < -0.3 is 0 Å². The molecule has 0 saturated heterocycles. The first-order chi connectivity index (χ1) is 14.4. The molecule has 0 saturated carbocycles. The van der Waals surface area contributed by atoms with Gasteiger partial charge in [-0.2, -0.15) is 0 Å². The minimum absolute atomic E-state index is 0.0233. The van der Waals surface area contributed by atoms with E-state index in [4.69, 9.17) is 0 Å². The summed E-state index contributed by atoms with van der Waals surface area (Å²) in [5.41, 5.74) is 1.23. The number of nitrogens with one attached hydrogen (secondary N) is 1. The lowest BCUT2D eigenvalue weighted by Crippen LogP contribution is -2.45. The van der Waals surface area contributed by atoms with Gasteiger partial charge in [-0.15, -0.1) is 22.7 Å². The van der Waals surface area contributed by atoms with Crippen LogP contribution in [0.25, 0.3) is 0 Å². The number of sulfonamides is 1. The topological polar surface area (TPSA) is 92.6 Å². The summed E-state index contributed by atoms with van der Waals surface area (Å²) in [5, 5.41) is 15.0. The summed E-state index contributed by atoms with van der Waals surface area (Å²) < 4.78 is 27.9. The van der Waals surface area contributed by atoms with E-state index in [9.17, 15) is 18.5 Å². The van der Waals surface area contributed by atoms with Crippen LogP contribution in [0.1, 0.15) is 28.3 Å². The summed E-state index contributed by atoms with van der Waals surface area (Å²) in [6.45, 7) is 2.99. The van der Waals surface area contributed by atoms with Gasteiger partial charge in [0, 0.05) is 41.0 Å². The predicted molar refractivity (Wildman–Crippen MR) is 119 cm³/mol. The summed E-state index contributed by atoms with van der Waals surface area (Å²) in [6.07, 6.45) is 0.940. The number of rotatable bonds is 7. The maximum atomic E-state index is 12.6. The first kappa shape index (κ1) is 21.1. The molecular formula is C20H21N3O4S3. The summed E-state index contributed by atoms with van der Waals surface area (Å²) in [5.74, 6) is 0. The van der Waals surface area contributed by atoms with Crippen molar-refractivity contribution in [1.82, 2.24) is 9.62 Å². The molecule has 10 heteroatoms. The lowest BCUT2D eigenvalue weighted by atomic mass is 9.95. The van der Waals surface area contributed by atoms with E-state index in [1.54, 1.807) is 22.7 Å². The lowest BCUT2D eigenvalue weighted by Gasteiger charge is -2.40.